The summed E-state index contributed by atoms with van der Waals surface area (Å²) in [6, 6.07) is 0. The Morgan fingerprint density at radius 2 is 2.36 bits per heavy atom. The Hall–Kier alpha value is -1.06. The van der Waals surface area contributed by atoms with Crippen molar-refractivity contribution in [2.45, 2.75) is 24.9 Å². The van der Waals surface area contributed by atoms with Crippen molar-refractivity contribution in [3.63, 3.8) is 0 Å². The average molecular weight is 347 g/mol. The van der Waals surface area contributed by atoms with Crippen molar-refractivity contribution < 1.29 is 18.2 Å². The highest BCUT2D eigenvalue weighted by molar-refractivity contribution is 8.41. The van der Waals surface area contributed by atoms with Gasteiger partial charge >= 0.3 is 0 Å². The average Bonchev–Trinajstić information content (AvgIpc) is 3.09. The molecular formula is C11H15FN5O3PS. The van der Waals surface area contributed by atoms with Crippen LogP contribution in [0.15, 0.2) is 12.7 Å². The van der Waals surface area contributed by atoms with Crippen molar-refractivity contribution in [1.29, 1.82) is 0 Å². The van der Waals surface area contributed by atoms with Crippen LogP contribution in [0.3, 0.4) is 0 Å². The summed E-state index contributed by atoms with van der Waals surface area (Å²) < 4.78 is 31.8. The van der Waals surface area contributed by atoms with E-state index >= 15 is 0 Å². The zero-order valence-corrected chi connectivity index (χ0v) is 13.5. The number of rotatable bonds is 5. The Balaban J connectivity index is 1.75. The normalized spacial score (nSPS) is 26.6. The van der Waals surface area contributed by atoms with Crippen LogP contribution in [0.25, 0.3) is 11.2 Å². The van der Waals surface area contributed by atoms with Crippen molar-refractivity contribution in [2.24, 2.45) is 0 Å². The molecule has 4 unspecified atom stereocenters. The minimum atomic E-state index is -1.26. The van der Waals surface area contributed by atoms with E-state index in [-0.39, 0.29) is 24.9 Å². The van der Waals surface area contributed by atoms with E-state index in [1.54, 1.807) is 0 Å². The lowest BCUT2D eigenvalue weighted by atomic mass is 10.2. The summed E-state index contributed by atoms with van der Waals surface area (Å²) in [6.45, 7) is 0.212. The molecule has 0 radical (unpaired) electrons. The molecular weight excluding hydrogens is 332 g/mol. The van der Waals surface area contributed by atoms with E-state index in [1.807, 2.05) is 0 Å². The highest BCUT2D eigenvalue weighted by Gasteiger charge is 2.38. The first-order valence-corrected chi connectivity index (χ1v) is 8.81. The highest BCUT2D eigenvalue weighted by atomic mass is 32.7. The second-order valence-corrected chi connectivity index (χ2v) is 6.78. The Morgan fingerprint density at radius 3 is 3.14 bits per heavy atom. The molecule has 1 fully saturated rings. The molecule has 0 aromatic carbocycles. The number of nitrogen functional groups attached to an aromatic ring is 1. The molecule has 0 aliphatic carbocycles. The summed E-state index contributed by atoms with van der Waals surface area (Å²) in [5, 5.41) is 0. The number of thiol groups is 1. The number of fused-ring (bicyclic) bond motifs is 1. The van der Waals surface area contributed by atoms with Crippen LogP contribution in [0.4, 0.5) is 10.2 Å². The Kier molecular flexibility index (Phi) is 4.74. The summed E-state index contributed by atoms with van der Waals surface area (Å²) in [7, 11) is 0.232. The minimum Gasteiger partial charge on any atom is -0.382 e. The van der Waals surface area contributed by atoms with Gasteiger partial charge in [0, 0.05) is 13.5 Å². The van der Waals surface area contributed by atoms with Gasteiger partial charge in [0.05, 0.1) is 19.0 Å². The van der Waals surface area contributed by atoms with Crippen molar-refractivity contribution in [3.8, 4) is 0 Å². The lowest BCUT2D eigenvalue weighted by Gasteiger charge is -2.16. The van der Waals surface area contributed by atoms with Crippen LogP contribution < -0.4 is 5.73 Å². The highest BCUT2D eigenvalue weighted by Crippen LogP contribution is 2.43. The first kappa shape index (κ1) is 15.8. The van der Waals surface area contributed by atoms with Crippen LogP contribution in [-0.4, -0.2) is 45.5 Å². The van der Waals surface area contributed by atoms with E-state index in [0.717, 1.165) is 0 Å². The third-order valence-corrected chi connectivity index (χ3v) is 4.84. The van der Waals surface area contributed by atoms with Crippen LogP contribution in [0.2, 0.25) is 0 Å². The number of alkyl halides is 1. The lowest BCUT2D eigenvalue weighted by molar-refractivity contribution is -0.0308. The van der Waals surface area contributed by atoms with Gasteiger partial charge < -0.3 is 19.5 Å². The zero-order valence-electron chi connectivity index (χ0n) is 11.7. The van der Waals surface area contributed by atoms with Crippen LogP contribution in [0, 0.1) is 0 Å². The second-order valence-electron chi connectivity index (χ2n) is 4.70. The van der Waals surface area contributed by atoms with Crippen molar-refractivity contribution in [3.05, 3.63) is 12.7 Å². The van der Waals surface area contributed by atoms with Crippen molar-refractivity contribution in [1.82, 2.24) is 19.5 Å². The SMILES string of the molecule is COP(S)OCC1CC(F)C(n2cnc3c(N)ncnc32)O1. The Bertz CT molecular complexity index is 662. The van der Waals surface area contributed by atoms with Crippen molar-refractivity contribution >= 4 is 36.8 Å². The van der Waals surface area contributed by atoms with Crippen LogP contribution >= 0.6 is 19.8 Å². The molecule has 11 heteroatoms. The van der Waals surface area contributed by atoms with Crippen molar-refractivity contribution in [2.75, 3.05) is 19.5 Å². The molecule has 1 aliphatic rings. The van der Waals surface area contributed by atoms with Crippen LogP contribution in [-0.2, 0) is 13.8 Å². The molecule has 4 atom stereocenters. The molecule has 2 aromatic heterocycles. The topological polar surface area (TPSA) is 97.3 Å². The molecule has 8 nitrogen and oxygen atoms in total. The third kappa shape index (κ3) is 3.02. The number of halogens is 1. The summed E-state index contributed by atoms with van der Waals surface area (Å²) in [4.78, 5) is 12.1. The standard InChI is InChI=1S/C11H15FN5O3PS/c1-18-21(22)19-3-6-2-7(12)11(20-6)17-5-16-8-9(13)14-4-15-10(8)17/h4-7,11,22H,2-3H2,1H3,(H2,13,14,15). The molecule has 0 amide bonds. The van der Waals surface area contributed by atoms with E-state index in [4.69, 9.17) is 19.5 Å². The fourth-order valence-corrected chi connectivity index (χ4v) is 2.91. The number of hydrogen-bond acceptors (Lipinski definition) is 8. The van der Waals surface area contributed by atoms with Gasteiger partial charge in [-0.15, -0.1) is 0 Å². The summed E-state index contributed by atoms with van der Waals surface area (Å²) >= 11 is 4.09. The minimum absolute atomic E-state index is 0.212. The smallest absolute Gasteiger partial charge is 0.234 e. The van der Waals surface area contributed by atoms with E-state index in [1.165, 1.54) is 24.3 Å². The maximum atomic E-state index is 14.3. The molecule has 0 spiro atoms. The largest absolute Gasteiger partial charge is 0.382 e. The predicted octanol–water partition coefficient (Wildman–Crippen LogP) is 1.85. The molecule has 22 heavy (non-hydrogen) atoms. The summed E-state index contributed by atoms with van der Waals surface area (Å²) in [5.74, 6) is 0.248. The van der Waals surface area contributed by atoms with Gasteiger partial charge in [0.15, 0.2) is 17.7 Å². The van der Waals surface area contributed by atoms with Gasteiger partial charge in [-0.25, -0.2) is 19.3 Å². The molecule has 1 saturated heterocycles. The predicted molar refractivity (Wildman–Crippen MR) is 82.0 cm³/mol. The fraction of sp³-hybridized carbons (Fsp3) is 0.545. The third-order valence-electron chi connectivity index (χ3n) is 3.32. The number of hydrogen-bond donors (Lipinski definition) is 2. The maximum absolute atomic E-state index is 14.3. The number of nitrogens with zero attached hydrogens (tertiary/aromatic N) is 4. The zero-order chi connectivity index (χ0) is 15.7. The van der Waals surface area contributed by atoms with Gasteiger partial charge in [0.1, 0.15) is 18.0 Å². The number of nitrogens with two attached hydrogens (primary N) is 1. The molecule has 3 rings (SSSR count). The van der Waals surface area contributed by atoms with E-state index in [0.29, 0.717) is 11.2 Å². The first-order valence-electron chi connectivity index (χ1n) is 6.48. The van der Waals surface area contributed by atoms with Crippen LogP contribution in [0.1, 0.15) is 12.6 Å². The number of anilines is 1. The van der Waals surface area contributed by atoms with Gasteiger partial charge in [-0.2, -0.15) is 0 Å². The van der Waals surface area contributed by atoms with E-state index in [9.17, 15) is 4.39 Å². The molecule has 0 bridgehead atoms. The Labute approximate surface area is 132 Å². The monoisotopic (exact) mass is 347 g/mol. The fourth-order valence-electron chi connectivity index (χ4n) is 2.31. The van der Waals surface area contributed by atoms with E-state index in [2.05, 4.69) is 27.2 Å². The molecule has 0 saturated carbocycles. The molecule has 2 aromatic rings. The number of ether oxygens (including phenoxy) is 1. The molecule has 2 N–H and O–H groups in total. The van der Waals surface area contributed by atoms with Gasteiger partial charge in [0.2, 0.25) is 7.58 Å². The van der Waals surface area contributed by atoms with Gasteiger partial charge in [-0.3, -0.25) is 4.57 Å². The second kappa shape index (κ2) is 6.59. The number of imidazole rings is 1. The quantitative estimate of drug-likeness (QED) is 0.629. The summed E-state index contributed by atoms with van der Waals surface area (Å²) in [6.07, 6.45) is 0.578. The van der Waals surface area contributed by atoms with Crippen LogP contribution in [0.5, 0.6) is 0 Å². The summed E-state index contributed by atoms with van der Waals surface area (Å²) in [5.41, 5.74) is 6.59. The van der Waals surface area contributed by atoms with Gasteiger partial charge in [0.25, 0.3) is 0 Å². The Morgan fingerprint density at radius 1 is 1.55 bits per heavy atom. The molecule has 3 heterocycles. The maximum Gasteiger partial charge on any atom is 0.234 e. The van der Waals surface area contributed by atoms with Gasteiger partial charge in [-0.1, -0.05) is 12.2 Å². The molecule has 1 aliphatic heterocycles. The van der Waals surface area contributed by atoms with Gasteiger partial charge in [-0.05, 0) is 0 Å². The first-order chi connectivity index (χ1) is 10.6. The number of aromatic nitrogens is 4. The molecule has 120 valence electrons. The van der Waals surface area contributed by atoms with E-state index < -0.39 is 20.0 Å². The lowest BCUT2D eigenvalue weighted by Crippen LogP contribution is -2.17.